The average molecular weight is 226 g/mol. The van der Waals surface area contributed by atoms with Gasteiger partial charge in [-0.25, -0.2) is 0 Å². The van der Waals surface area contributed by atoms with Gasteiger partial charge < -0.3 is 11.1 Å². The van der Waals surface area contributed by atoms with Crippen LogP contribution in [-0.4, -0.2) is 18.6 Å². The summed E-state index contributed by atoms with van der Waals surface area (Å²) in [6, 6.07) is 0. The number of hydrogen-bond donors (Lipinski definition) is 2. The maximum Gasteiger partial charge on any atom is 0.0275 e. The van der Waals surface area contributed by atoms with Gasteiger partial charge in [-0.15, -0.1) is 0 Å². The van der Waals surface area contributed by atoms with E-state index in [-0.39, 0.29) is 5.54 Å². The van der Waals surface area contributed by atoms with Crippen molar-refractivity contribution in [3.8, 4) is 0 Å². The topological polar surface area (TPSA) is 38.0 Å². The van der Waals surface area contributed by atoms with Gasteiger partial charge in [-0.1, -0.05) is 33.1 Å². The molecule has 3 N–H and O–H groups in total. The highest BCUT2D eigenvalue weighted by atomic mass is 15.0. The number of rotatable bonds is 9. The van der Waals surface area contributed by atoms with E-state index < -0.39 is 0 Å². The molecule has 1 fully saturated rings. The molecule has 0 saturated heterocycles. The van der Waals surface area contributed by atoms with Crippen LogP contribution in [0.2, 0.25) is 0 Å². The van der Waals surface area contributed by atoms with Gasteiger partial charge in [0.1, 0.15) is 0 Å². The predicted octanol–water partition coefficient (Wildman–Crippen LogP) is 2.92. The van der Waals surface area contributed by atoms with Crippen molar-refractivity contribution in [2.24, 2.45) is 17.6 Å². The molecule has 0 aromatic carbocycles. The van der Waals surface area contributed by atoms with Crippen molar-refractivity contribution in [1.29, 1.82) is 0 Å². The zero-order chi connectivity index (χ0) is 12.0. The maximum atomic E-state index is 5.90. The third kappa shape index (κ3) is 4.84. The van der Waals surface area contributed by atoms with Gasteiger partial charge in [0.05, 0.1) is 0 Å². The molecule has 1 aliphatic carbocycles. The summed E-state index contributed by atoms with van der Waals surface area (Å²) in [7, 11) is 0. The van der Waals surface area contributed by atoms with Crippen LogP contribution < -0.4 is 11.1 Å². The van der Waals surface area contributed by atoms with Crippen LogP contribution in [-0.2, 0) is 0 Å². The molecule has 1 aliphatic rings. The second-order valence-electron chi connectivity index (χ2n) is 5.92. The smallest absolute Gasteiger partial charge is 0.0275 e. The van der Waals surface area contributed by atoms with E-state index in [1.807, 2.05) is 0 Å². The zero-order valence-corrected chi connectivity index (χ0v) is 11.4. The molecule has 0 aromatic rings. The fourth-order valence-corrected chi connectivity index (χ4v) is 2.27. The number of hydrogen-bond acceptors (Lipinski definition) is 2. The van der Waals surface area contributed by atoms with Crippen LogP contribution in [0.25, 0.3) is 0 Å². The summed E-state index contributed by atoms with van der Waals surface area (Å²) in [6.45, 7) is 8.80. The number of unbranched alkanes of at least 4 members (excludes halogenated alkanes) is 2. The minimum absolute atomic E-state index is 0.165. The van der Waals surface area contributed by atoms with Crippen molar-refractivity contribution in [2.45, 2.75) is 64.8 Å². The third-order valence-corrected chi connectivity index (χ3v) is 4.06. The third-order valence-electron chi connectivity index (χ3n) is 4.06. The molecule has 1 rings (SSSR count). The first-order valence-corrected chi connectivity index (χ1v) is 7.06. The predicted molar refractivity (Wildman–Crippen MR) is 71.5 cm³/mol. The number of nitrogens with one attached hydrogen (secondary N) is 1. The van der Waals surface area contributed by atoms with Gasteiger partial charge >= 0.3 is 0 Å². The van der Waals surface area contributed by atoms with Crippen LogP contribution in [0.15, 0.2) is 0 Å². The lowest BCUT2D eigenvalue weighted by atomic mass is 9.93. The summed E-state index contributed by atoms with van der Waals surface area (Å²) in [5.41, 5.74) is 6.07. The SMILES string of the molecule is CCCCCC(C)(CN)NCC(C)C1CC1. The van der Waals surface area contributed by atoms with E-state index in [2.05, 4.69) is 26.1 Å². The Bertz CT molecular complexity index is 189. The maximum absolute atomic E-state index is 5.90. The Morgan fingerprint density at radius 2 is 2.06 bits per heavy atom. The van der Waals surface area contributed by atoms with Crippen molar-refractivity contribution in [3.63, 3.8) is 0 Å². The van der Waals surface area contributed by atoms with Crippen molar-refractivity contribution >= 4 is 0 Å². The molecule has 2 unspecified atom stereocenters. The molecule has 1 saturated carbocycles. The Morgan fingerprint density at radius 3 is 2.56 bits per heavy atom. The van der Waals surface area contributed by atoms with Gasteiger partial charge in [0, 0.05) is 12.1 Å². The van der Waals surface area contributed by atoms with Gasteiger partial charge in [0.15, 0.2) is 0 Å². The summed E-state index contributed by atoms with van der Waals surface area (Å²) in [5, 5.41) is 3.70. The molecule has 0 spiro atoms. The molecular weight excluding hydrogens is 196 g/mol. The Labute approximate surface area is 101 Å². The lowest BCUT2D eigenvalue weighted by Crippen LogP contribution is -2.50. The number of nitrogens with two attached hydrogens (primary N) is 1. The zero-order valence-electron chi connectivity index (χ0n) is 11.4. The molecule has 0 radical (unpaired) electrons. The fraction of sp³-hybridized carbons (Fsp3) is 1.00. The van der Waals surface area contributed by atoms with E-state index in [1.165, 1.54) is 38.5 Å². The summed E-state index contributed by atoms with van der Waals surface area (Å²) in [4.78, 5) is 0. The molecular formula is C14H30N2. The molecule has 0 aliphatic heterocycles. The largest absolute Gasteiger partial charge is 0.329 e. The second-order valence-corrected chi connectivity index (χ2v) is 5.92. The van der Waals surface area contributed by atoms with Crippen molar-refractivity contribution in [1.82, 2.24) is 5.32 Å². The van der Waals surface area contributed by atoms with Crippen LogP contribution >= 0.6 is 0 Å². The van der Waals surface area contributed by atoms with Crippen LogP contribution in [0, 0.1) is 11.8 Å². The highest BCUT2D eigenvalue weighted by Crippen LogP contribution is 2.36. The highest BCUT2D eigenvalue weighted by molar-refractivity contribution is 4.87. The van der Waals surface area contributed by atoms with Crippen LogP contribution in [0.1, 0.15) is 59.3 Å². The summed E-state index contributed by atoms with van der Waals surface area (Å²) in [5.74, 6) is 1.82. The van der Waals surface area contributed by atoms with Gasteiger partial charge in [-0.2, -0.15) is 0 Å². The van der Waals surface area contributed by atoms with Gasteiger partial charge in [0.25, 0.3) is 0 Å². The van der Waals surface area contributed by atoms with Gasteiger partial charge in [-0.3, -0.25) is 0 Å². The van der Waals surface area contributed by atoms with Crippen LogP contribution in [0.5, 0.6) is 0 Å². The molecule has 0 bridgehead atoms. The Balaban J connectivity index is 2.21. The summed E-state index contributed by atoms with van der Waals surface area (Å²) in [6.07, 6.45) is 8.02. The van der Waals surface area contributed by atoms with E-state index >= 15 is 0 Å². The monoisotopic (exact) mass is 226 g/mol. The van der Waals surface area contributed by atoms with E-state index in [0.29, 0.717) is 0 Å². The molecule has 0 amide bonds. The molecule has 0 heterocycles. The Morgan fingerprint density at radius 1 is 1.38 bits per heavy atom. The van der Waals surface area contributed by atoms with Gasteiger partial charge in [-0.05, 0) is 44.6 Å². The highest BCUT2D eigenvalue weighted by Gasteiger charge is 2.29. The van der Waals surface area contributed by atoms with Crippen molar-refractivity contribution in [3.05, 3.63) is 0 Å². The quantitative estimate of drug-likeness (QED) is 0.593. The lowest BCUT2D eigenvalue weighted by Gasteiger charge is -2.31. The van der Waals surface area contributed by atoms with E-state index in [1.54, 1.807) is 0 Å². The fourth-order valence-electron chi connectivity index (χ4n) is 2.27. The molecule has 96 valence electrons. The second kappa shape index (κ2) is 6.61. The Kier molecular flexibility index (Phi) is 5.77. The van der Waals surface area contributed by atoms with Crippen LogP contribution in [0.3, 0.4) is 0 Å². The Hall–Kier alpha value is -0.0800. The minimum Gasteiger partial charge on any atom is -0.329 e. The summed E-state index contributed by atoms with van der Waals surface area (Å²) >= 11 is 0. The van der Waals surface area contributed by atoms with Crippen LogP contribution in [0.4, 0.5) is 0 Å². The van der Waals surface area contributed by atoms with Crippen molar-refractivity contribution in [2.75, 3.05) is 13.1 Å². The summed E-state index contributed by atoms with van der Waals surface area (Å²) < 4.78 is 0. The van der Waals surface area contributed by atoms with Gasteiger partial charge in [0.2, 0.25) is 0 Å². The molecule has 0 aromatic heterocycles. The molecule has 16 heavy (non-hydrogen) atoms. The van der Waals surface area contributed by atoms with E-state index in [9.17, 15) is 0 Å². The molecule has 2 nitrogen and oxygen atoms in total. The van der Waals surface area contributed by atoms with Crippen molar-refractivity contribution < 1.29 is 0 Å². The first kappa shape index (κ1) is 14.0. The normalized spacial score (nSPS) is 21.8. The molecule has 2 atom stereocenters. The standard InChI is InChI=1S/C14H30N2/c1-4-5-6-9-14(3,11-15)16-10-12(2)13-7-8-13/h12-13,16H,4-11,15H2,1-3H3. The van der Waals surface area contributed by atoms with E-state index in [0.717, 1.165) is 24.9 Å². The average Bonchev–Trinajstić information content (AvgIpc) is 3.10. The first-order chi connectivity index (χ1) is 7.61. The first-order valence-electron chi connectivity index (χ1n) is 7.06. The lowest BCUT2D eigenvalue weighted by molar-refractivity contribution is 0.298. The molecule has 2 heteroatoms. The van der Waals surface area contributed by atoms with E-state index in [4.69, 9.17) is 5.73 Å². The minimum atomic E-state index is 0.165.